The molecule has 14 N–H and O–H groups in total. The first-order valence-electron chi connectivity index (χ1n) is 23.3. The van der Waals surface area contributed by atoms with Crippen LogP contribution in [-0.2, 0) is 54.4 Å². The lowest BCUT2D eigenvalue weighted by molar-refractivity contribution is -0.144. The van der Waals surface area contributed by atoms with Gasteiger partial charge in [0, 0.05) is 31.3 Å². The number of hydrogen-bond acceptors (Lipinski definition) is 13. The van der Waals surface area contributed by atoms with Crippen LogP contribution < -0.4 is 48.7 Å². The first kappa shape index (κ1) is 58.0. The number of carbonyl (C=O) groups excluding carboxylic acids is 8. The lowest BCUT2D eigenvalue weighted by Gasteiger charge is -2.31. The van der Waals surface area contributed by atoms with Crippen molar-refractivity contribution in [3.05, 3.63) is 18.2 Å². The van der Waals surface area contributed by atoms with Gasteiger partial charge in [-0.25, -0.2) is 4.98 Å². The monoisotopic (exact) mass is 963 g/mol. The molecule has 1 aromatic heterocycles. The molecule has 0 unspecified atom stereocenters. The van der Waals surface area contributed by atoms with Crippen molar-refractivity contribution < 1.29 is 58.2 Å². The van der Waals surface area contributed by atoms with Gasteiger partial charge in [-0.1, -0.05) is 48.0 Å². The minimum Gasteiger partial charge on any atom is -0.481 e. The Bertz CT molecular complexity index is 1880. The van der Waals surface area contributed by atoms with E-state index >= 15 is 0 Å². The van der Waals surface area contributed by atoms with E-state index in [0.29, 0.717) is 31.4 Å². The second-order valence-corrected chi connectivity index (χ2v) is 18.0. The van der Waals surface area contributed by atoms with Crippen molar-refractivity contribution in [1.29, 1.82) is 0 Å². The Kier molecular flexibility index (Phi) is 24.6. The molecular formula is C44H74N12O12. The van der Waals surface area contributed by atoms with Crippen LogP contribution in [0.5, 0.6) is 0 Å². The predicted octanol–water partition coefficient (Wildman–Crippen LogP) is -1.86. The summed E-state index contributed by atoms with van der Waals surface area (Å²) < 4.78 is 0. The van der Waals surface area contributed by atoms with E-state index < -0.39 is 126 Å². The van der Waals surface area contributed by atoms with Crippen molar-refractivity contribution in [1.82, 2.24) is 52.1 Å². The highest BCUT2D eigenvalue weighted by Gasteiger charge is 2.41. The lowest BCUT2D eigenvalue weighted by Crippen LogP contribution is -2.60. The molecule has 0 saturated carbocycles. The molecule has 0 radical (unpaired) electrons. The van der Waals surface area contributed by atoms with Crippen molar-refractivity contribution in [2.45, 2.75) is 161 Å². The highest BCUT2D eigenvalue weighted by molar-refractivity contribution is 5.98. The van der Waals surface area contributed by atoms with E-state index in [9.17, 15) is 53.1 Å². The third-order valence-corrected chi connectivity index (χ3v) is 11.6. The number of H-pyrrole nitrogens is 1. The van der Waals surface area contributed by atoms with Gasteiger partial charge in [0.05, 0.1) is 18.9 Å². The number of carbonyl (C=O) groups is 10. The van der Waals surface area contributed by atoms with E-state index in [0.717, 1.165) is 0 Å². The van der Waals surface area contributed by atoms with Crippen LogP contribution in [0.1, 0.15) is 112 Å². The van der Waals surface area contributed by atoms with E-state index in [2.05, 4.69) is 47.2 Å². The van der Waals surface area contributed by atoms with Gasteiger partial charge in [-0.05, 0) is 76.2 Å². The number of likely N-dealkylation sites (tertiary alicyclic amines) is 1. The van der Waals surface area contributed by atoms with Crippen LogP contribution in [0.15, 0.2) is 12.5 Å². The number of aliphatic carboxylic acids is 2. The molecule has 0 aliphatic carbocycles. The summed E-state index contributed by atoms with van der Waals surface area (Å²) in [5, 5.41) is 36.6. The van der Waals surface area contributed by atoms with Crippen LogP contribution in [0, 0.1) is 17.8 Å². The number of nitrogens with zero attached hydrogens (tertiary/aromatic N) is 2. The van der Waals surface area contributed by atoms with E-state index in [1.165, 1.54) is 24.3 Å². The van der Waals surface area contributed by atoms with Crippen LogP contribution in [0.4, 0.5) is 0 Å². The van der Waals surface area contributed by atoms with Crippen molar-refractivity contribution in [2.75, 3.05) is 19.6 Å². The SMILES string of the molecule is CC[C@H](C)[C@H](N)C(=O)N[C@@H](CC(C)C)C(=O)N[C@@H](CCCCN)C(=O)N[C@@H](CCC(=O)O)C(=O)N1CCC[C@H]1C(=O)N[C@H](C(=O)N[C@@H](Cc1cnc[nH]1)C(=O)NCC(=O)N[C@@H](C)C(=O)O)C(C)C. The molecule has 9 atom stereocenters. The summed E-state index contributed by atoms with van der Waals surface area (Å²) in [6.07, 6.45) is 4.05. The molecule has 0 aromatic carbocycles. The number of imidazole rings is 1. The van der Waals surface area contributed by atoms with Gasteiger partial charge in [0.15, 0.2) is 0 Å². The molecule has 1 aliphatic heterocycles. The minimum absolute atomic E-state index is 0.0478. The molecule has 24 heteroatoms. The molecular weight excluding hydrogens is 889 g/mol. The number of aromatic amines is 1. The van der Waals surface area contributed by atoms with E-state index in [4.69, 9.17) is 16.6 Å². The number of aromatic nitrogens is 2. The molecule has 2 heterocycles. The molecule has 24 nitrogen and oxygen atoms in total. The maximum atomic E-state index is 14.3. The highest BCUT2D eigenvalue weighted by Crippen LogP contribution is 2.21. The zero-order valence-corrected chi connectivity index (χ0v) is 40.2. The van der Waals surface area contributed by atoms with Gasteiger partial charge < -0.3 is 68.8 Å². The van der Waals surface area contributed by atoms with Gasteiger partial charge in [-0.3, -0.25) is 47.9 Å². The maximum Gasteiger partial charge on any atom is 0.325 e. The fraction of sp³-hybridized carbons (Fsp3) is 0.705. The Hall–Kier alpha value is -6.17. The summed E-state index contributed by atoms with van der Waals surface area (Å²) in [6, 6.07) is -9.57. The van der Waals surface area contributed by atoms with Gasteiger partial charge in [0.1, 0.15) is 42.3 Å². The number of rotatable bonds is 30. The number of nitrogens with one attached hydrogen (secondary N) is 8. The van der Waals surface area contributed by atoms with Crippen LogP contribution in [-0.4, -0.2) is 152 Å². The van der Waals surface area contributed by atoms with Crippen LogP contribution in [0.25, 0.3) is 0 Å². The Morgan fingerprint density at radius 1 is 0.794 bits per heavy atom. The Balaban J connectivity index is 2.32. The number of unbranched alkanes of at least 4 members (excludes halogenated alkanes) is 1. The second kappa shape index (κ2) is 28.9. The fourth-order valence-electron chi connectivity index (χ4n) is 7.33. The summed E-state index contributed by atoms with van der Waals surface area (Å²) in [5.41, 5.74) is 12.3. The van der Waals surface area contributed by atoms with Crippen molar-refractivity contribution >= 4 is 59.2 Å². The highest BCUT2D eigenvalue weighted by atomic mass is 16.4. The minimum atomic E-state index is -1.46. The summed E-state index contributed by atoms with van der Waals surface area (Å²) in [6.45, 7) is 11.7. The fourth-order valence-corrected chi connectivity index (χ4v) is 7.33. The van der Waals surface area contributed by atoms with Gasteiger partial charge in [-0.15, -0.1) is 0 Å². The second-order valence-electron chi connectivity index (χ2n) is 18.0. The molecule has 1 aliphatic rings. The quantitative estimate of drug-likeness (QED) is 0.0377. The Labute approximate surface area is 396 Å². The summed E-state index contributed by atoms with van der Waals surface area (Å²) in [7, 11) is 0. The number of carboxylic acid groups (broad SMARTS) is 2. The van der Waals surface area contributed by atoms with Crippen LogP contribution in [0.2, 0.25) is 0 Å². The van der Waals surface area contributed by atoms with Crippen LogP contribution >= 0.6 is 0 Å². The zero-order chi connectivity index (χ0) is 51.2. The molecule has 68 heavy (non-hydrogen) atoms. The Morgan fingerprint density at radius 3 is 2.00 bits per heavy atom. The number of hydrogen-bond donors (Lipinski definition) is 12. The topological polar surface area (TPSA) is 379 Å². The molecule has 1 aromatic rings. The van der Waals surface area contributed by atoms with Gasteiger partial charge in [0.25, 0.3) is 0 Å². The van der Waals surface area contributed by atoms with E-state index in [1.807, 2.05) is 27.7 Å². The summed E-state index contributed by atoms with van der Waals surface area (Å²) in [4.78, 5) is 140. The summed E-state index contributed by atoms with van der Waals surface area (Å²) in [5.74, 6) is -9.20. The molecule has 382 valence electrons. The normalized spacial score (nSPS) is 17.0. The predicted molar refractivity (Wildman–Crippen MR) is 246 cm³/mol. The van der Waals surface area contributed by atoms with Crippen molar-refractivity contribution in [2.24, 2.45) is 29.2 Å². The van der Waals surface area contributed by atoms with E-state index in [-0.39, 0.29) is 57.0 Å². The van der Waals surface area contributed by atoms with Gasteiger partial charge in [-0.2, -0.15) is 0 Å². The first-order chi connectivity index (χ1) is 32.0. The number of nitrogens with two attached hydrogens (primary N) is 2. The standard InChI is InChI=1S/C44H74N12O12/c1-8-25(6)35(46)41(64)53-30(18-23(2)3)39(62)51-28(12-9-10-16-45)38(61)52-29(14-15-34(58)59)43(66)56-17-11-13-32(56)40(63)55-36(24(4)5)42(65)54-31(19-27-20-47-22-49-27)37(60)48-21-33(57)50-26(7)44(67)68/h20,22-26,28-32,35-36H,8-19,21,45-46H2,1-7H3,(H,47,49)(H,48,60)(H,50,57)(H,51,62)(H,52,61)(H,53,64)(H,54,65)(H,55,63)(H,58,59)(H,67,68)/t25-,26-,28-,29-,30-,31-,32-,35-,36-/m0/s1. The Morgan fingerprint density at radius 2 is 1.43 bits per heavy atom. The number of carboxylic acids is 2. The maximum absolute atomic E-state index is 14.3. The van der Waals surface area contributed by atoms with Crippen LogP contribution in [0.3, 0.4) is 0 Å². The average molecular weight is 963 g/mol. The molecule has 0 spiro atoms. The third kappa shape index (κ3) is 19.2. The molecule has 0 bridgehead atoms. The molecule has 1 fully saturated rings. The van der Waals surface area contributed by atoms with Crippen molar-refractivity contribution in [3.63, 3.8) is 0 Å². The molecule has 2 rings (SSSR count). The summed E-state index contributed by atoms with van der Waals surface area (Å²) >= 11 is 0. The zero-order valence-electron chi connectivity index (χ0n) is 40.2. The molecule has 1 saturated heterocycles. The van der Waals surface area contributed by atoms with Gasteiger partial charge >= 0.3 is 11.9 Å². The van der Waals surface area contributed by atoms with Gasteiger partial charge in [0.2, 0.25) is 47.3 Å². The largest absolute Gasteiger partial charge is 0.481 e. The van der Waals surface area contributed by atoms with E-state index in [1.54, 1.807) is 13.8 Å². The molecule has 8 amide bonds. The number of amides is 8. The first-order valence-corrected chi connectivity index (χ1v) is 23.3. The third-order valence-electron chi connectivity index (χ3n) is 11.6. The van der Waals surface area contributed by atoms with Crippen molar-refractivity contribution in [3.8, 4) is 0 Å². The lowest BCUT2D eigenvalue weighted by atomic mass is 9.97. The smallest absolute Gasteiger partial charge is 0.325 e. The average Bonchev–Trinajstić information content (AvgIpc) is 4.00.